The summed E-state index contributed by atoms with van der Waals surface area (Å²) in [6.45, 7) is 6.15. The Labute approximate surface area is 206 Å². The molecule has 10 heteroatoms. The fourth-order valence-corrected chi connectivity index (χ4v) is 4.87. The van der Waals surface area contributed by atoms with E-state index >= 15 is 0 Å². The lowest BCUT2D eigenvalue weighted by atomic mass is 10.1. The first kappa shape index (κ1) is 23.9. The quantitative estimate of drug-likeness (QED) is 0.332. The molecule has 1 N–H and O–H groups in total. The third-order valence-electron chi connectivity index (χ3n) is 5.35. The molecule has 0 saturated heterocycles. The van der Waals surface area contributed by atoms with Gasteiger partial charge in [0.15, 0.2) is 11.0 Å². The number of amides is 1. The Hall–Kier alpha value is -3.24. The monoisotopic (exact) mass is 494 g/mol. The van der Waals surface area contributed by atoms with Gasteiger partial charge in [0, 0.05) is 29.4 Å². The molecule has 0 aliphatic rings. The highest BCUT2D eigenvalue weighted by Crippen LogP contribution is 2.33. The molecule has 8 nitrogen and oxygen atoms in total. The lowest BCUT2D eigenvalue weighted by molar-refractivity contribution is 0.0926. The number of para-hydroxylation sites is 2. The molecule has 4 aromatic rings. The normalized spacial score (nSPS) is 12.0. The summed E-state index contributed by atoms with van der Waals surface area (Å²) < 4.78 is 7.56. The van der Waals surface area contributed by atoms with Crippen LogP contribution in [0.15, 0.2) is 59.3 Å². The van der Waals surface area contributed by atoms with Crippen LogP contribution in [-0.2, 0) is 5.75 Å². The number of nitrogens with one attached hydrogen (secondary N) is 1. The van der Waals surface area contributed by atoms with E-state index in [2.05, 4.69) is 39.3 Å². The van der Waals surface area contributed by atoms with Crippen molar-refractivity contribution in [1.82, 2.24) is 30.0 Å². The molecule has 0 spiro atoms. The topological polar surface area (TPSA) is 94.8 Å². The van der Waals surface area contributed by atoms with E-state index in [1.165, 1.54) is 23.1 Å². The van der Waals surface area contributed by atoms with Crippen LogP contribution in [-0.4, -0.2) is 43.8 Å². The second-order valence-electron chi connectivity index (χ2n) is 7.98. The van der Waals surface area contributed by atoms with E-state index in [9.17, 15) is 4.79 Å². The van der Waals surface area contributed by atoms with Crippen LogP contribution < -0.4 is 10.1 Å². The van der Waals surface area contributed by atoms with Crippen LogP contribution in [0.5, 0.6) is 5.75 Å². The van der Waals surface area contributed by atoms with Crippen molar-refractivity contribution in [2.75, 3.05) is 7.11 Å². The molecule has 0 aliphatic heterocycles. The summed E-state index contributed by atoms with van der Waals surface area (Å²) in [7, 11) is 1.64. The zero-order valence-corrected chi connectivity index (χ0v) is 21.1. The number of thioether (sulfide) groups is 1. The van der Waals surface area contributed by atoms with Crippen LogP contribution in [0.2, 0.25) is 0 Å². The number of nitrogens with zero attached hydrogens (tertiary/aromatic N) is 5. The van der Waals surface area contributed by atoms with Gasteiger partial charge in [-0.2, -0.15) is 0 Å². The molecule has 0 saturated carbocycles. The van der Waals surface area contributed by atoms with Crippen LogP contribution in [0.3, 0.4) is 0 Å². The summed E-state index contributed by atoms with van der Waals surface area (Å²) in [5.41, 5.74) is 2.12. The third kappa shape index (κ3) is 5.28. The fraction of sp³-hybridized carbons (Fsp3) is 0.292. The van der Waals surface area contributed by atoms with Gasteiger partial charge in [-0.25, -0.2) is 4.98 Å². The van der Waals surface area contributed by atoms with E-state index in [1.54, 1.807) is 24.9 Å². The SMILES string of the molecule is COc1ccccc1-n1c(SCc2nc(C(=O)NC(C)C(C)C)cs2)nnc1-c1cccnc1. The highest BCUT2D eigenvalue weighted by molar-refractivity contribution is 7.98. The summed E-state index contributed by atoms with van der Waals surface area (Å²) in [6, 6.07) is 11.6. The Kier molecular flexibility index (Phi) is 7.59. The minimum absolute atomic E-state index is 0.0809. The molecule has 34 heavy (non-hydrogen) atoms. The van der Waals surface area contributed by atoms with Gasteiger partial charge in [-0.3, -0.25) is 14.3 Å². The Balaban J connectivity index is 1.59. The van der Waals surface area contributed by atoms with Gasteiger partial charge in [0.05, 0.1) is 18.6 Å². The van der Waals surface area contributed by atoms with E-state index in [0.717, 1.165) is 16.3 Å². The van der Waals surface area contributed by atoms with Gasteiger partial charge in [-0.1, -0.05) is 37.7 Å². The molecular formula is C24H26N6O2S2. The molecule has 1 atom stereocenters. The number of benzene rings is 1. The molecule has 176 valence electrons. The summed E-state index contributed by atoms with van der Waals surface area (Å²) in [6.07, 6.45) is 3.48. The van der Waals surface area contributed by atoms with E-state index in [0.29, 0.717) is 34.1 Å². The van der Waals surface area contributed by atoms with Crippen molar-refractivity contribution in [1.29, 1.82) is 0 Å². The second-order valence-corrected chi connectivity index (χ2v) is 9.86. The molecule has 1 aromatic carbocycles. The van der Waals surface area contributed by atoms with Crippen LogP contribution in [0.4, 0.5) is 0 Å². The second kappa shape index (κ2) is 10.8. The maximum atomic E-state index is 12.5. The zero-order chi connectivity index (χ0) is 24.1. The van der Waals surface area contributed by atoms with E-state index in [4.69, 9.17) is 4.74 Å². The van der Waals surface area contributed by atoms with Crippen LogP contribution in [0.1, 0.15) is 36.3 Å². The number of aromatic nitrogens is 5. The molecule has 0 radical (unpaired) electrons. The number of ether oxygens (including phenoxy) is 1. The molecule has 3 heterocycles. The number of hydrogen-bond acceptors (Lipinski definition) is 8. The van der Waals surface area contributed by atoms with Crippen molar-refractivity contribution < 1.29 is 9.53 Å². The predicted molar refractivity (Wildman–Crippen MR) is 135 cm³/mol. The first-order valence-electron chi connectivity index (χ1n) is 10.8. The standard InChI is InChI=1S/C24H26N6O2S2/c1-15(2)16(3)26-23(31)18-13-33-21(27-18)14-34-24-29-28-22(17-8-7-11-25-12-17)30(24)19-9-5-6-10-20(19)32-4/h5-13,15-16H,14H2,1-4H3,(H,26,31). The Bertz CT molecular complexity index is 1260. The number of thiazole rings is 1. The lowest BCUT2D eigenvalue weighted by Gasteiger charge is -2.16. The molecule has 0 aliphatic carbocycles. The molecule has 0 bridgehead atoms. The lowest BCUT2D eigenvalue weighted by Crippen LogP contribution is -2.36. The van der Waals surface area contributed by atoms with E-state index < -0.39 is 0 Å². The van der Waals surface area contributed by atoms with Gasteiger partial charge >= 0.3 is 0 Å². The van der Waals surface area contributed by atoms with Gasteiger partial charge in [0.25, 0.3) is 5.91 Å². The summed E-state index contributed by atoms with van der Waals surface area (Å²) in [5, 5.41) is 15.2. The molecular weight excluding hydrogens is 468 g/mol. The molecule has 1 unspecified atom stereocenters. The number of hydrogen-bond donors (Lipinski definition) is 1. The molecule has 4 rings (SSSR count). The number of rotatable bonds is 9. The molecule has 3 aromatic heterocycles. The molecule has 0 fully saturated rings. The zero-order valence-electron chi connectivity index (χ0n) is 19.4. The van der Waals surface area contributed by atoms with Crippen LogP contribution in [0, 0.1) is 5.92 Å². The largest absolute Gasteiger partial charge is 0.495 e. The number of carbonyl (C=O) groups is 1. The van der Waals surface area contributed by atoms with Gasteiger partial charge in [0.2, 0.25) is 0 Å². The maximum absolute atomic E-state index is 12.5. The summed E-state index contributed by atoms with van der Waals surface area (Å²) in [4.78, 5) is 21.3. The van der Waals surface area contributed by atoms with Gasteiger partial charge in [-0.15, -0.1) is 21.5 Å². The first-order chi connectivity index (χ1) is 16.5. The van der Waals surface area contributed by atoms with Crippen molar-refractivity contribution in [3.05, 3.63) is 64.9 Å². The van der Waals surface area contributed by atoms with E-state index in [-0.39, 0.29) is 11.9 Å². The summed E-state index contributed by atoms with van der Waals surface area (Å²) >= 11 is 2.96. The first-order valence-corrected chi connectivity index (χ1v) is 12.7. The Morgan fingerprint density at radius 3 is 2.74 bits per heavy atom. The van der Waals surface area contributed by atoms with Crippen molar-refractivity contribution in [2.45, 2.75) is 37.7 Å². The molecule has 1 amide bonds. The fourth-order valence-electron chi connectivity index (χ4n) is 3.13. The maximum Gasteiger partial charge on any atom is 0.270 e. The van der Waals surface area contributed by atoms with Crippen LogP contribution >= 0.6 is 23.1 Å². The summed E-state index contributed by atoms with van der Waals surface area (Å²) in [5.74, 6) is 2.14. The van der Waals surface area contributed by atoms with Gasteiger partial charge < -0.3 is 10.1 Å². The number of methoxy groups -OCH3 is 1. The highest BCUT2D eigenvalue weighted by Gasteiger charge is 2.20. The Morgan fingerprint density at radius 2 is 2.00 bits per heavy atom. The Morgan fingerprint density at radius 1 is 1.18 bits per heavy atom. The van der Waals surface area contributed by atoms with E-state index in [1.807, 2.05) is 47.9 Å². The van der Waals surface area contributed by atoms with Crippen molar-refractivity contribution >= 4 is 29.0 Å². The minimum atomic E-state index is -0.148. The van der Waals surface area contributed by atoms with Gasteiger partial charge in [-0.05, 0) is 37.1 Å². The average molecular weight is 495 g/mol. The van der Waals surface area contributed by atoms with Crippen molar-refractivity contribution in [3.8, 4) is 22.8 Å². The van der Waals surface area contributed by atoms with Crippen molar-refractivity contribution in [3.63, 3.8) is 0 Å². The van der Waals surface area contributed by atoms with Crippen molar-refractivity contribution in [2.24, 2.45) is 5.92 Å². The number of carbonyl (C=O) groups excluding carboxylic acids is 1. The minimum Gasteiger partial charge on any atom is -0.495 e. The smallest absolute Gasteiger partial charge is 0.270 e. The highest BCUT2D eigenvalue weighted by atomic mass is 32.2. The predicted octanol–water partition coefficient (Wildman–Crippen LogP) is 4.86. The van der Waals surface area contributed by atoms with Gasteiger partial charge in [0.1, 0.15) is 16.5 Å². The third-order valence-corrected chi connectivity index (χ3v) is 7.32. The van der Waals surface area contributed by atoms with Crippen LogP contribution in [0.25, 0.3) is 17.1 Å². The number of pyridine rings is 1. The average Bonchev–Trinajstić information content (AvgIpc) is 3.50.